The van der Waals surface area contributed by atoms with E-state index in [9.17, 15) is 4.79 Å². The van der Waals surface area contributed by atoms with Gasteiger partial charge in [0.05, 0.1) is 6.04 Å². The van der Waals surface area contributed by atoms with Crippen molar-refractivity contribution in [1.29, 1.82) is 0 Å². The Labute approximate surface area is 123 Å². The van der Waals surface area contributed by atoms with E-state index < -0.39 is 6.04 Å². The Bertz CT molecular complexity index is 654. The van der Waals surface area contributed by atoms with E-state index in [0.29, 0.717) is 5.02 Å². The lowest BCUT2D eigenvalue weighted by molar-refractivity contribution is -0.126. The number of hydrogen-bond acceptors (Lipinski definition) is 2. The first kappa shape index (κ1) is 13.2. The molecule has 2 aromatic rings. The number of nitrogens with two attached hydrogens (primary N) is 1. The van der Waals surface area contributed by atoms with Crippen LogP contribution < -0.4 is 10.6 Å². The minimum absolute atomic E-state index is 0.0458. The molecule has 4 heteroatoms. The van der Waals surface area contributed by atoms with Crippen LogP contribution in [-0.2, 0) is 4.79 Å². The van der Waals surface area contributed by atoms with Crippen LogP contribution in [0, 0.1) is 6.92 Å². The number of rotatable bonds is 2. The highest BCUT2D eigenvalue weighted by molar-refractivity contribution is 6.30. The normalized spacial score (nSPS) is 21.8. The van der Waals surface area contributed by atoms with Crippen molar-refractivity contribution < 1.29 is 4.79 Å². The smallest absolute Gasteiger partial charge is 0.247 e. The number of β-lactam (4-membered cyclic amide) rings is 1. The fourth-order valence-electron chi connectivity index (χ4n) is 2.59. The van der Waals surface area contributed by atoms with Gasteiger partial charge in [0.25, 0.3) is 0 Å². The maximum absolute atomic E-state index is 12.1. The molecule has 1 aliphatic heterocycles. The molecule has 0 radical (unpaired) electrons. The first-order chi connectivity index (χ1) is 9.58. The van der Waals surface area contributed by atoms with Gasteiger partial charge in [0, 0.05) is 10.7 Å². The van der Waals surface area contributed by atoms with Gasteiger partial charge >= 0.3 is 0 Å². The fraction of sp³-hybridized carbons (Fsp3) is 0.188. The summed E-state index contributed by atoms with van der Waals surface area (Å²) in [7, 11) is 0. The van der Waals surface area contributed by atoms with E-state index in [0.717, 1.165) is 16.8 Å². The summed E-state index contributed by atoms with van der Waals surface area (Å²) in [6.07, 6.45) is 0. The molecule has 2 aromatic carbocycles. The molecule has 0 aromatic heterocycles. The van der Waals surface area contributed by atoms with Crippen LogP contribution in [0.3, 0.4) is 0 Å². The van der Waals surface area contributed by atoms with Gasteiger partial charge in [-0.25, -0.2) is 0 Å². The topological polar surface area (TPSA) is 46.3 Å². The van der Waals surface area contributed by atoms with Crippen LogP contribution in [-0.4, -0.2) is 11.9 Å². The maximum atomic E-state index is 12.1. The Morgan fingerprint density at radius 3 is 2.50 bits per heavy atom. The zero-order valence-electron chi connectivity index (χ0n) is 11.1. The molecule has 3 rings (SSSR count). The van der Waals surface area contributed by atoms with E-state index >= 15 is 0 Å². The lowest BCUT2D eigenvalue weighted by Gasteiger charge is -2.45. The maximum Gasteiger partial charge on any atom is 0.247 e. The van der Waals surface area contributed by atoms with Gasteiger partial charge in [-0.05, 0) is 42.3 Å². The third kappa shape index (κ3) is 2.09. The molecule has 2 N–H and O–H groups in total. The van der Waals surface area contributed by atoms with Crippen molar-refractivity contribution in [2.24, 2.45) is 5.73 Å². The fourth-order valence-corrected chi connectivity index (χ4v) is 2.72. The van der Waals surface area contributed by atoms with Crippen LogP contribution in [0.1, 0.15) is 17.2 Å². The summed E-state index contributed by atoms with van der Waals surface area (Å²) >= 11 is 5.90. The SMILES string of the molecule is Cc1cccc(N2C(=O)[C@H](N)[C@H]2c2ccc(Cl)cc2)c1. The molecule has 20 heavy (non-hydrogen) atoms. The number of anilines is 1. The summed E-state index contributed by atoms with van der Waals surface area (Å²) in [6, 6.07) is 14.7. The van der Waals surface area contributed by atoms with Gasteiger partial charge < -0.3 is 10.6 Å². The minimum atomic E-state index is -0.489. The molecule has 0 saturated carbocycles. The van der Waals surface area contributed by atoms with E-state index in [4.69, 9.17) is 17.3 Å². The Morgan fingerprint density at radius 2 is 1.85 bits per heavy atom. The largest absolute Gasteiger partial charge is 0.318 e. The number of carbonyl (C=O) groups excluding carboxylic acids is 1. The van der Waals surface area contributed by atoms with Crippen molar-refractivity contribution in [3.8, 4) is 0 Å². The second-order valence-electron chi connectivity index (χ2n) is 5.07. The standard InChI is InChI=1S/C16H15ClN2O/c1-10-3-2-4-13(9-10)19-15(14(18)16(19)20)11-5-7-12(17)8-6-11/h2-9,14-15H,18H2,1H3/t14-,15-/m1/s1. The van der Waals surface area contributed by atoms with Crippen molar-refractivity contribution in [2.75, 3.05) is 4.90 Å². The van der Waals surface area contributed by atoms with Crippen molar-refractivity contribution in [2.45, 2.75) is 19.0 Å². The molecule has 0 aliphatic carbocycles. The highest BCUT2D eigenvalue weighted by atomic mass is 35.5. The van der Waals surface area contributed by atoms with Gasteiger partial charge in [-0.1, -0.05) is 35.9 Å². The van der Waals surface area contributed by atoms with Crippen LogP contribution >= 0.6 is 11.6 Å². The molecule has 102 valence electrons. The van der Waals surface area contributed by atoms with Crippen LogP contribution in [0.15, 0.2) is 48.5 Å². The summed E-state index contributed by atoms with van der Waals surface area (Å²) in [6.45, 7) is 2.00. The van der Waals surface area contributed by atoms with Gasteiger partial charge in [-0.2, -0.15) is 0 Å². The lowest BCUT2D eigenvalue weighted by Crippen LogP contribution is -2.63. The highest BCUT2D eigenvalue weighted by Gasteiger charge is 2.46. The molecule has 2 atom stereocenters. The molecule has 1 saturated heterocycles. The van der Waals surface area contributed by atoms with Gasteiger partial charge in [0.1, 0.15) is 6.04 Å². The minimum Gasteiger partial charge on any atom is -0.318 e. The lowest BCUT2D eigenvalue weighted by atomic mass is 9.88. The van der Waals surface area contributed by atoms with Crippen LogP contribution in [0.4, 0.5) is 5.69 Å². The van der Waals surface area contributed by atoms with Crippen molar-refractivity contribution in [3.05, 3.63) is 64.7 Å². The summed E-state index contributed by atoms with van der Waals surface area (Å²) < 4.78 is 0. The molecular formula is C16H15ClN2O. The summed E-state index contributed by atoms with van der Waals surface area (Å²) in [4.78, 5) is 13.8. The first-order valence-electron chi connectivity index (χ1n) is 6.49. The number of hydrogen-bond donors (Lipinski definition) is 1. The van der Waals surface area contributed by atoms with E-state index in [2.05, 4.69) is 0 Å². The molecule has 0 unspecified atom stereocenters. The Hall–Kier alpha value is -1.84. The van der Waals surface area contributed by atoms with E-state index in [1.807, 2.05) is 55.5 Å². The third-order valence-corrected chi connectivity index (χ3v) is 3.88. The molecule has 1 amide bonds. The number of benzene rings is 2. The van der Waals surface area contributed by atoms with Gasteiger partial charge in [-0.15, -0.1) is 0 Å². The van der Waals surface area contributed by atoms with Gasteiger partial charge in [0.15, 0.2) is 0 Å². The average Bonchev–Trinajstić information content (AvgIpc) is 2.45. The molecular weight excluding hydrogens is 272 g/mol. The van der Waals surface area contributed by atoms with E-state index in [1.54, 1.807) is 4.90 Å². The second kappa shape index (κ2) is 4.93. The van der Waals surface area contributed by atoms with Crippen molar-refractivity contribution in [1.82, 2.24) is 0 Å². The summed E-state index contributed by atoms with van der Waals surface area (Å²) in [5.41, 5.74) is 8.98. The Kier molecular flexibility index (Phi) is 3.24. The summed E-state index contributed by atoms with van der Waals surface area (Å²) in [5.74, 6) is -0.0458. The van der Waals surface area contributed by atoms with Crippen LogP contribution in [0.2, 0.25) is 5.02 Å². The first-order valence-corrected chi connectivity index (χ1v) is 6.86. The molecule has 1 fully saturated rings. The predicted octanol–water partition coefficient (Wildman–Crippen LogP) is 3.06. The number of aryl methyl sites for hydroxylation is 1. The predicted molar refractivity (Wildman–Crippen MR) is 80.8 cm³/mol. The van der Waals surface area contributed by atoms with E-state index in [-0.39, 0.29) is 11.9 Å². The molecule has 0 spiro atoms. The quantitative estimate of drug-likeness (QED) is 0.863. The molecule has 3 nitrogen and oxygen atoms in total. The zero-order valence-corrected chi connectivity index (χ0v) is 11.8. The number of carbonyl (C=O) groups is 1. The average molecular weight is 287 g/mol. The Balaban J connectivity index is 1.97. The summed E-state index contributed by atoms with van der Waals surface area (Å²) in [5, 5.41) is 0.676. The highest BCUT2D eigenvalue weighted by Crippen LogP contribution is 2.38. The van der Waals surface area contributed by atoms with Gasteiger partial charge in [-0.3, -0.25) is 4.79 Å². The molecule has 1 heterocycles. The van der Waals surface area contributed by atoms with E-state index in [1.165, 1.54) is 0 Å². The second-order valence-corrected chi connectivity index (χ2v) is 5.51. The third-order valence-electron chi connectivity index (χ3n) is 3.63. The zero-order chi connectivity index (χ0) is 14.3. The van der Waals surface area contributed by atoms with Crippen molar-refractivity contribution >= 4 is 23.2 Å². The number of amides is 1. The molecule has 1 aliphatic rings. The Morgan fingerprint density at radius 1 is 1.15 bits per heavy atom. The van der Waals surface area contributed by atoms with Crippen LogP contribution in [0.5, 0.6) is 0 Å². The van der Waals surface area contributed by atoms with Crippen LogP contribution in [0.25, 0.3) is 0 Å². The number of halogens is 1. The van der Waals surface area contributed by atoms with Gasteiger partial charge in [0.2, 0.25) is 5.91 Å². The number of nitrogens with zero attached hydrogens (tertiary/aromatic N) is 1. The monoisotopic (exact) mass is 286 g/mol. The van der Waals surface area contributed by atoms with Crippen molar-refractivity contribution in [3.63, 3.8) is 0 Å². The molecule has 0 bridgehead atoms.